The number of rotatable bonds is 38. The Bertz CT molecular complexity index is 974. The quantitative estimate of drug-likeness (QED) is 0.0269. The molecule has 53 heavy (non-hydrogen) atoms. The third-order valence-corrected chi connectivity index (χ3v) is 10.8. The molecular weight excluding hydrogens is 697 g/mol. The Kier molecular flexibility index (Phi) is 31.0. The smallest absolute Gasteiger partial charge is 0.0654 e. The molecule has 1 unspecified atom stereocenters. The van der Waals surface area contributed by atoms with E-state index in [9.17, 15) is 29.0 Å². The van der Waals surface area contributed by atoms with E-state index in [2.05, 4.69) is 13.8 Å². The van der Waals surface area contributed by atoms with E-state index in [1.165, 1.54) is 116 Å². The Hall–Kier alpha value is -1.91. The number of ether oxygens (including phenoxy) is 2. The average Bonchev–Trinajstić information content (AvgIpc) is 3.45. The summed E-state index contributed by atoms with van der Waals surface area (Å²) >= 11 is 0. The van der Waals surface area contributed by atoms with Gasteiger partial charge in [-0.15, -0.1) is 0 Å². The van der Waals surface area contributed by atoms with E-state index in [1.807, 2.05) is 0 Å². The third-order valence-electron chi connectivity index (χ3n) is 9.66. The van der Waals surface area contributed by atoms with Gasteiger partial charge in [0.15, 0.2) is 0 Å². The van der Waals surface area contributed by atoms with Crippen molar-refractivity contribution in [2.75, 3.05) is 26.4 Å². The molecule has 0 aromatic heterocycles. The predicted octanol–water partition coefficient (Wildman–Crippen LogP) is 9.76. The van der Waals surface area contributed by atoms with Crippen LogP contribution in [-0.2, 0) is 37.7 Å². The Morgan fingerprint density at radius 2 is 0.943 bits per heavy atom. The Morgan fingerprint density at radius 1 is 0.566 bits per heavy atom. The van der Waals surface area contributed by atoms with Crippen molar-refractivity contribution in [2.45, 2.75) is 200 Å². The Balaban J connectivity index is 2.35. The maximum absolute atomic E-state index is 12.7. The monoisotopic (exact) mass is 774 g/mol. The number of nitrogens with zero attached hydrogens (tertiary/aromatic N) is 1. The van der Waals surface area contributed by atoms with Crippen LogP contribution in [0.4, 0.5) is 0 Å². The van der Waals surface area contributed by atoms with Gasteiger partial charge < -0.3 is 0 Å². The van der Waals surface area contributed by atoms with Crippen molar-refractivity contribution >= 4 is 31.9 Å². The second kappa shape index (κ2) is 33.4. The molecule has 1 aliphatic heterocycles. The Labute approximate surface area is 322 Å². The predicted molar refractivity (Wildman–Crippen MR) is 212 cm³/mol. The molecule has 0 spiro atoms. The van der Waals surface area contributed by atoms with Crippen molar-refractivity contribution in [2.24, 2.45) is 0 Å². The first kappa shape index (κ1) is 49.1. The molecule has 2 amide bonds. The first-order chi connectivity index (χ1) is 25.7. The Morgan fingerprint density at radius 3 is 1.36 bits per heavy atom. The van der Waals surface area contributed by atoms with Crippen LogP contribution in [-0.4, -0.2) is 70.9 Å². The van der Waals surface area contributed by atoms with E-state index in [-0.39, 0.29) is 32.6 Å². The second-order valence-electron chi connectivity index (χ2n) is 14.6. The minimum Gasteiger partial charge on any atom is -0.0654 e. The fourth-order valence-electron chi connectivity index (χ4n) is 6.36. The third kappa shape index (κ3) is 29.1. The van der Waals surface area contributed by atoms with E-state index >= 15 is 0 Å². The molecule has 310 valence electrons. The molecule has 2 N–H and O–H groups in total. The number of imide groups is 1. The number of amides is 2. The normalized spacial score (nSPS) is 13.9. The number of hydrogen-bond acceptors (Lipinski definition) is 10. The zero-order chi connectivity index (χ0) is 38.8. The fraction of sp³-hybridized carbons (Fsp3) is 0.854. The number of hydrogen-bond donors (Lipinski definition) is 2. The minimum atomic E-state index is -4.70. The van der Waals surface area contributed by atoms with Crippen LogP contribution >= 0.6 is 8.17 Å². The molecule has 0 fully saturated rings. The summed E-state index contributed by atoms with van der Waals surface area (Å²) in [6, 6.07) is 0. The molecule has 0 saturated carbocycles. The zero-order valence-corrected chi connectivity index (χ0v) is 34.5. The maximum atomic E-state index is 12.7. The summed E-state index contributed by atoms with van der Waals surface area (Å²) in [5.74, 6) is -1.92. The van der Waals surface area contributed by atoms with Gasteiger partial charge in [-0.3, -0.25) is 0 Å². The molecule has 0 aliphatic carbocycles. The minimum absolute atomic E-state index is 0.182. The number of unbranched alkanes of at least 4 members (excludes halogenated alkanes) is 24. The number of carbonyl (C=O) groups is 4. The SMILES string of the molecule is CCCCCCCCCCCCCCCC(=O)OCC(CO[PH](O)(O)OCCN1C(=O)C=CC1=O)OC(=O)CCCCCCCCCCCCCCC. The van der Waals surface area contributed by atoms with Crippen LogP contribution in [0.25, 0.3) is 0 Å². The van der Waals surface area contributed by atoms with Gasteiger partial charge in [0, 0.05) is 0 Å². The van der Waals surface area contributed by atoms with Crippen molar-refractivity contribution in [3.63, 3.8) is 0 Å². The second-order valence-corrected chi connectivity index (χ2v) is 16.3. The van der Waals surface area contributed by atoms with Crippen LogP contribution in [0, 0.1) is 0 Å². The van der Waals surface area contributed by atoms with Crippen LogP contribution in [0.2, 0.25) is 0 Å². The molecule has 0 saturated heterocycles. The standard InChI is InChI=1S/C41H76NO10P/c1-3-5-7-9-11-13-15-17-19-21-23-25-27-29-40(45)49-35-37(36-51-53(47,48)50-34-33-42-38(43)31-32-39(42)44)52-41(46)30-28-26-24-22-20-18-16-14-12-10-8-6-4-2/h31-32,37,47-48,53H,3-30,33-36H2,1-2H3. The molecule has 0 aromatic rings. The van der Waals surface area contributed by atoms with Crippen LogP contribution < -0.4 is 0 Å². The van der Waals surface area contributed by atoms with Gasteiger partial charge in [0.25, 0.3) is 0 Å². The van der Waals surface area contributed by atoms with Gasteiger partial charge in [0.1, 0.15) is 0 Å². The molecule has 1 heterocycles. The molecule has 0 bridgehead atoms. The molecule has 0 aromatic carbocycles. The van der Waals surface area contributed by atoms with Crippen LogP contribution in [0.5, 0.6) is 0 Å². The van der Waals surface area contributed by atoms with Crippen molar-refractivity contribution in [1.82, 2.24) is 4.90 Å². The summed E-state index contributed by atoms with van der Waals surface area (Å²) in [5, 5.41) is 0. The zero-order valence-electron chi connectivity index (χ0n) is 33.5. The van der Waals surface area contributed by atoms with Gasteiger partial charge in [-0.25, -0.2) is 0 Å². The average molecular weight is 774 g/mol. The van der Waals surface area contributed by atoms with E-state index in [0.29, 0.717) is 12.8 Å². The van der Waals surface area contributed by atoms with Crippen LogP contribution in [0.15, 0.2) is 12.2 Å². The summed E-state index contributed by atoms with van der Waals surface area (Å²) in [6.45, 7) is 3.20. The molecule has 12 heteroatoms. The van der Waals surface area contributed by atoms with Gasteiger partial charge in [-0.1, -0.05) is 110 Å². The van der Waals surface area contributed by atoms with Gasteiger partial charge in [-0.05, 0) is 0 Å². The van der Waals surface area contributed by atoms with Crippen molar-refractivity contribution in [1.29, 1.82) is 0 Å². The fourth-order valence-corrected chi connectivity index (χ4v) is 7.20. The van der Waals surface area contributed by atoms with Crippen molar-refractivity contribution < 1.29 is 47.5 Å². The van der Waals surface area contributed by atoms with Gasteiger partial charge in [0.05, 0.1) is 0 Å². The van der Waals surface area contributed by atoms with E-state index < -0.39 is 44.6 Å². The van der Waals surface area contributed by atoms with E-state index in [1.54, 1.807) is 0 Å². The van der Waals surface area contributed by atoms with Crippen molar-refractivity contribution in [3.8, 4) is 0 Å². The summed E-state index contributed by atoms with van der Waals surface area (Å²) in [7, 11) is -4.70. The van der Waals surface area contributed by atoms with Crippen molar-refractivity contribution in [3.05, 3.63) is 12.2 Å². The molecular formula is C41H76NO10P. The summed E-state index contributed by atoms with van der Waals surface area (Å²) in [4.78, 5) is 70.1. The van der Waals surface area contributed by atoms with Crippen LogP contribution in [0.1, 0.15) is 194 Å². The first-order valence-corrected chi connectivity index (χ1v) is 23.0. The molecule has 1 rings (SSSR count). The van der Waals surface area contributed by atoms with E-state index in [0.717, 1.165) is 55.6 Å². The molecule has 11 nitrogen and oxygen atoms in total. The summed E-state index contributed by atoms with van der Waals surface area (Å²) < 4.78 is 21.2. The summed E-state index contributed by atoms with van der Waals surface area (Å²) in [6.07, 6.45) is 32.8. The van der Waals surface area contributed by atoms with Gasteiger partial charge in [0.2, 0.25) is 0 Å². The topological polar surface area (TPSA) is 149 Å². The van der Waals surface area contributed by atoms with E-state index in [4.69, 9.17) is 18.5 Å². The molecule has 1 atom stereocenters. The molecule has 1 aliphatic rings. The molecule has 0 radical (unpaired) electrons. The van der Waals surface area contributed by atoms with Gasteiger partial charge >= 0.3 is 212 Å². The first-order valence-electron chi connectivity index (χ1n) is 21.3. The van der Waals surface area contributed by atoms with Crippen LogP contribution in [0.3, 0.4) is 0 Å². The van der Waals surface area contributed by atoms with Gasteiger partial charge in [-0.2, -0.15) is 0 Å². The summed E-state index contributed by atoms with van der Waals surface area (Å²) in [5.41, 5.74) is 0. The number of esters is 2. The number of carbonyl (C=O) groups excluding carboxylic acids is 4.